The molecule has 0 bridgehead atoms. The highest BCUT2D eigenvalue weighted by molar-refractivity contribution is 7.07. The molecule has 2 aromatic heterocycles. The molecule has 0 unspecified atom stereocenters. The number of nitrogens with zero attached hydrogens (tertiary/aromatic N) is 3. The predicted octanol–water partition coefficient (Wildman–Crippen LogP) is 5.12. The van der Waals surface area contributed by atoms with Gasteiger partial charge in [0.25, 0.3) is 0 Å². The van der Waals surface area contributed by atoms with E-state index in [9.17, 15) is 4.39 Å². The average Bonchev–Trinajstić information content (AvgIpc) is 3.36. The van der Waals surface area contributed by atoms with Gasteiger partial charge in [-0.25, -0.2) is 14.1 Å². The Morgan fingerprint density at radius 3 is 2.68 bits per heavy atom. The molecule has 7 heteroatoms. The molecule has 1 N–H and O–H groups in total. The molecule has 2 aromatic carbocycles. The number of rotatable bonds is 7. The van der Waals surface area contributed by atoms with Crippen LogP contribution in [0.3, 0.4) is 0 Å². The third kappa shape index (κ3) is 4.30. The minimum absolute atomic E-state index is 0.272. The first-order valence-corrected chi connectivity index (χ1v) is 10.2. The maximum absolute atomic E-state index is 13.3. The van der Waals surface area contributed by atoms with Crippen LogP contribution in [0.15, 0.2) is 65.6 Å². The van der Waals surface area contributed by atoms with Gasteiger partial charge in [0.05, 0.1) is 27.6 Å². The van der Waals surface area contributed by atoms with Gasteiger partial charge >= 0.3 is 0 Å². The highest BCUT2D eigenvalue weighted by Gasteiger charge is 2.14. The standard InChI is InChI=1S/C21H18ClFN4S/c22-20-4-2-1-3-19(20)21-15(11-24-10-9-17-13-28-14-25-17)12-27(26-21)18-7-5-16(23)6-8-18/h1-8,12-14,24H,9-11H2. The van der Waals surface area contributed by atoms with Gasteiger partial charge in [0.15, 0.2) is 0 Å². The molecule has 0 aliphatic carbocycles. The fourth-order valence-corrected chi connectivity index (χ4v) is 3.76. The van der Waals surface area contributed by atoms with E-state index in [2.05, 4.69) is 15.7 Å². The van der Waals surface area contributed by atoms with E-state index in [0.717, 1.165) is 41.2 Å². The summed E-state index contributed by atoms with van der Waals surface area (Å²) in [6.45, 7) is 1.46. The summed E-state index contributed by atoms with van der Waals surface area (Å²) in [5.74, 6) is -0.272. The molecule has 142 valence electrons. The zero-order valence-corrected chi connectivity index (χ0v) is 16.6. The molecular weight excluding hydrogens is 395 g/mol. The van der Waals surface area contributed by atoms with Crippen molar-refractivity contribution in [1.29, 1.82) is 0 Å². The Bertz CT molecular complexity index is 1040. The fraction of sp³-hybridized carbons (Fsp3) is 0.143. The van der Waals surface area contributed by atoms with Gasteiger partial charge in [0.1, 0.15) is 5.82 Å². The number of nitrogens with one attached hydrogen (secondary N) is 1. The molecule has 0 saturated carbocycles. The number of aromatic nitrogens is 3. The topological polar surface area (TPSA) is 42.7 Å². The lowest BCUT2D eigenvalue weighted by Gasteiger charge is -2.06. The number of halogens is 2. The van der Waals surface area contributed by atoms with Crippen molar-refractivity contribution < 1.29 is 4.39 Å². The number of benzene rings is 2. The lowest BCUT2D eigenvalue weighted by Crippen LogP contribution is -2.17. The molecule has 0 saturated heterocycles. The second-order valence-corrected chi connectivity index (χ2v) is 7.44. The van der Waals surface area contributed by atoms with Gasteiger partial charge in [-0.3, -0.25) is 0 Å². The zero-order valence-electron chi connectivity index (χ0n) is 15.0. The quantitative estimate of drug-likeness (QED) is 0.428. The van der Waals surface area contributed by atoms with Crippen LogP contribution in [0.1, 0.15) is 11.3 Å². The van der Waals surface area contributed by atoms with Gasteiger partial charge in [-0.05, 0) is 30.3 Å². The Morgan fingerprint density at radius 1 is 1.11 bits per heavy atom. The summed E-state index contributed by atoms with van der Waals surface area (Å²) < 4.78 is 15.0. The largest absolute Gasteiger partial charge is 0.312 e. The molecule has 0 radical (unpaired) electrons. The molecule has 2 heterocycles. The van der Waals surface area contributed by atoms with Crippen molar-refractivity contribution >= 4 is 22.9 Å². The second kappa shape index (κ2) is 8.65. The number of hydrogen-bond acceptors (Lipinski definition) is 4. The van der Waals surface area contributed by atoms with Gasteiger partial charge in [0, 0.05) is 42.2 Å². The predicted molar refractivity (Wildman–Crippen MR) is 111 cm³/mol. The fourth-order valence-electron chi connectivity index (χ4n) is 2.95. The zero-order chi connectivity index (χ0) is 19.3. The summed E-state index contributed by atoms with van der Waals surface area (Å²) in [6.07, 6.45) is 2.83. The summed E-state index contributed by atoms with van der Waals surface area (Å²) >= 11 is 8.01. The SMILES string of the molecule is Fc1ccc(-n2cc(CNCCc3cscn3)c(-c3ccccc3Cl)n2)cc1. The van der Waals surface area contributed by atoms with E-state index in [1.54, 1.807) is 28.2 Å². The molecule has 0 amide bonds. The molecule has 0 spiro atoms. The Hall–Kier alpha value is -2.54. The summed E-state index contributed by atoms with van der Waals surface area (Å²) in [5.41, 5.74) is 6.44. The molecule has 28 heavy (non-hydrogen) atoms. The van der Waals surface area contributed by atoms with Gasteiger partial charge < -0.3 is 5.32 Å². The maximum Gasteiger partial charge on any atom is 0.123 e. The van der Waals surface area contributed by atoms with E-state index in [-0.39, 0.29) is 5.82 Å². The van der Waals surface area contributed by atoms with E-state index < -0.39 is 0 Å². The van der Waals surface area contributed by atoms with Crippen molar-refractivity contribution in [2.75, 3.05) is 6.54 Å². The molecule has 4 rings (SSSR count). The van der Waals surface area contributed by atoms with Crippen LogP contribution in [-0.2, 0) is 13.0 Å². The first kappa shape index (κ1) is 18.8. The van der Waals surface area contributed by atoms with Gasteiger partial charge in [-0.15, -0.1) is 11.3 Å². The summed E-state index contributed by atoms with van der Waals surface area (Å²) in [7, 11) is 0. The molecule has 0 aliphatic rings. The summed E-state index contributed by atoms with van der Waals surface area (Å²) in [6, 6.07) is 13.9. The minimum Gasteiger partial charge on any atom is -0.312 e. The smallest absolute Gasteiger partial charge is 0.123 e. The van der Waals surface area contributed by atoms with Gasteiger partial charge in [-0.1, -0.05) is 29.8 Å². The molecule has 0 atom stereocenters. The highest BCUT2D eigenvalue weighted by atomic mass is 35.5. The normalized spacial score (nSPS) is 11.1. The molecule has 0 aliphatic heterocycles. The Kier molecular flexibility index (Phi) is 5.81. The van der Waals surface area contributed by atoms with Crippen molar-refractivity contribution in [2.45, 2.75) is 13.0 Å². The summed E-state index contributed by atoms with van der Waals surface area (Å²) in [5, 5.41) is 10.9. The van der Waals surface area contributed by atoms with E-state index >= 15 is 0 Å². The minimum atomic E-state index is -0.272. The molecule has 0 fully saturated rings. The van der Waals surface area contributed by atoms with Crippen LogP contribution in [0.5, 0.6) is 0 Å². The lowest BCUT2D eigenvalue weighted by molar-refractivity contribution is 0.627. The highest BCUT2D eigenvalue weighted by Crippen LogP contribution is 2.30. The maximum atomic E-state index is 13.3. The van der Waals surface area contributed by atoms with Crippen LogP contribution >= 0.6 is 22.9 Å². The second-order valence-electron chi connectivity index (χ2n) is 6.31. The Labute approximate surface area is 171 Å². The Morgan fingerprint density at radius 2 is 1.93 bits per heavy atom. The third-order valence-corrected chi connectivity index (χ3v) is 5.33. The van der Waals surface area contributed by atoms with Gasteiger partial charge in [-0.2, -0.15) is 5.10 Å². The Balaban J connectivity index is 1.59. The summed E-state index contributed by atoms with van der Waals surface area (Å²) in [4.78, 5) is 4.30. The van der Waals surface area contributed by atoms with E-state index in [0.29, 0.717) is 11.6 Å². The van der Waals surface area contributed by atoms with Crippen molar-refractivity contribution in [1.82, 2.24) is 20.1 Å². The molecule has 4 nitrogen and oxygen atoms in total. The average molecular weight is 413 g/mol. The molecular formula is C21H18ClFN4S. The number of thiazole rings is 1. The number of hydrogen-bond donors (Lipinski definition) is 1. The van der Waals surface area contributed by atoms with Gasteiger partial charge in [0.2, 0.25) is 0 Å². The van der Waals surface area contributed by atoms with Crippen LogP contribution in [-0.4, -0.2) is 21.3 Å². The monoisotopic (exact) mass is 412 g/mol. The first-order chi connectivity index (χ1) is 13.7. The van der Waals surface area contributed by atoms with Crippen LogP contribution in [0.25, 0.3) is 16.9 Å². The lowest BCUT2D eigenvalue weighted by atomic mass is 10.1. The van der Waals surface area contributed by atoms with Crippen molar-refractivity contribution in [3.63, 3.8) is 0 Å². The van der Waals surface area contributed by atoms with Crippen molar-refractivity contribution in [3.8, 4) is 16.9 Å². The van der Waals surface area contributed by atoms with Crippen LogP contribution in [0.4, 0.5) is 4.39 Å². The van der Waals surface area contributed by atoms with Crippen molar-refractivity contribution in [3.05, 3.63) is 87.7 Å². The van der Waals surface area contributed by atoms with Crippen molar-refractivity contribution in [2.24, 2.45) is 0 Å². The van der Waals surface area contributed by atoms with E-state index in [1.807, 2.05) is 36.0 Å². The van der Waals surface area contributed by atoms with Crippen LogP contribution < -0.4 is 5.32 Å². The first-order valence-electron chi connectivity index (χ1n) is 8.88. The molecule has 4 aromatic rings. The van der Waals surface area contributed by atoms with Crippen LogP contribution in [0.2, 0.25) is 5.02 Å². The van der Waals surface area contributed by atoms with E-state index in [4.69, 9.17) is 16.7 Å². The van der Waals surface area contributed by atoms with E-state index in [1.165, 1.54) is 12.1 Å². The van der Waals surface area contributed by atoms with Crippen LogP contribution in [0, 0.1) is 5.82 Å². The third-order valence-electron chi connectivity index (χ3n) is 4.37.